The third-order valence-electron chi connectivity index (χ3n) is 6.29. The number of hydrogen-bond donors (Lipinski definition) is 0. The normalized spacial score (nSPS) is 11.6. The van der Waals surface area contributed by atoms with Crippen molar-refractivity contribution in [1.82, 2.24) is 14.0 Å². The Kier molecular flexibility index (Phi) is 7.27. The van der Waals surface area contributed by atoms with Crippen molar-refractivity contribution in [2.45, 2.75) is 19.9 Å². The summed E-state index contributed by atoms with van der Waals surface area (Å²) in [5.41, 5.74) is 0.176. The maximum Gasteiger partial charge on any atom is 0.341 e. The average molecular weight is 538 g/mol. The van der Waals surface area contributed by atoms with Gasteiger partial charge >= 0.3 is 5.97 Å². The lowest BCUT2D eigenvalue weighted by molar-refractivity contribution is -0.385. The van der Waals surface area contributed by atoms with E-state index in [1.165, 1.54) is 39.3 Å². The molecule has 2 aromatic carbocycles. The molecule has 0 aliphatic rings. The van der Waals surface area contributed by atoms with Crippen molar-refractivity contribution in [3.63, 3.8) is 0 Å². The third kappa shape index (κ3) is 4.99. The predicted octanol–water partition coefficient (Wildman–Crippen LogP) is 3.72. The maximum atomic E-state index is 13.5. The van der Waals surface area contributed by atoms with Crippen LogP contribution in [0.3, 0.4) is 0 Å². The van der Waals surface area contributed by atoms with Crippen molar-refractivity contribution in [2.75, 3.05) is 6.61 Å². The Labute approximate surface area is 226 Å². The lowest BCUT2D eigenvalue weighted by Crippen LogP contribution is -2.33. The fourth-order valence-electron chi connectivity index (χ4n) is 4.42. The number of pyridine rings is 2. The summed E-state index contributed by atoms with van der Waals surface area (Å²) < 4.78 is 8.13. The minimum absolute atomic E-state index is 0.0351. The highest BCUT2D eigenvalue weighted by Gasteiger charge is 2.23. The van der Waals surface area contributed by atoms with Gasteiger partial charge in [-0.25, -0.2) is 9.78 Å². The molecule has 5 rings (SSSR count). The van der Waals surface area contributed by atoms with Crippen LogP contribution in [0.15, 0.2) is 94.8 Å². The summed E-state index contributed by atoms with van der Waals surface area (Å²) in [5, 5.41) is 11.7. The van der Waals surface area contributed by atoms with Gasteiger partial charge in [-0.3, -0.25) is 24.1 Å². The van der Waals surface area contributed by atoms with Gasteiger partial charge in [0.1, 0.15) is 22.4 Å². The number of hydrogen-bond acceptors (Lipinski definition) is 7. The number of fused-ring (bicyclic) bond motifs is 2. The van der Waals surface area contributed by atoms with E-state index in [1.807, 2.05) is 30.3 Å². The van der Waals surface area contributed by atoms with Crippen LogP contribution in [-0.2, 0) is 17.7 Å². The van der Waals surface area contributed by atoms with Crippen LogP contribution in [0.5, 0.6) is 0 Å². The standard InChI is InChI=1S/C29H23N5O6/c1-2-40-29(37)22-18-21-25(30-24-14-8-9-16-32(24)28(21)36)33(17-15-19-10-4-3-5-11-19)26(22)31-27(35)20-12-6-7-13-23(20)34(38)39/h3-14,16,18H,2,15,17H2,1H3. The first-order valence-electron chi connectivity index (χ1n) is 12.5. The number of ether oxygens (including phenoxy) is 1. The molecule has 0 fully saturated rings. The molecule has 5 aromatic rings. The van der Waals surface area contributed by atoms with E-state index < -0.39 is 28.0 Å². The lowest BCUT2D eigenvalue weighted by Gasteiger charge is -2.15. The Morgan fingerprint density at radius 3 is 2.48 bits per heavy atom. The summed E-state index contributed by atoms with van der Waals surface area (Å²) in [7, 11) is 0. The molecular weight excluding hydrogens is 514 g/mol. The van der Waals surface area contributed by atoms with Gasteiger partial charge in [-0.2, -0.15) is 4.99 Å². The Morgan fingerprint density at radius 1 is 1.00 bits per heavy atom. The molecule has 0 saturated carbocycles. The first-order chi connectivity index (χ1) is 19.4. The molecule has 1 amide bonds. The van der Waals surface area contributed by atoms with Gasteiger partial charge in [0, 0.05) is 18.8 Å². The number of nitrogens with zero attached hydrogens (tertiary/aromatic N) is 5. The minimum atomic E-state index is -0.928. The molecule has 0 aliphatic heterocycles. The van der Waals surface area contributed by atoms with Crippen LogP contribution >= 0.6 is 0 Å². The van der Waals surface area contributed by atoms with E-state index in [0.717, 1.165) is 5.56 Å². The van der Waals surface area contributed by atoms with Crippen molar-refractivity contribution in [1.29, 1.82) is 0 Å². The fraction of sp³-hybridized carbons (Fsp3) is 0.138. The van der Waals surface area contributed by atoms with Crippen molar-refractivity contribution >= 4 is 34.2 Å². The molecule has 0 atom stereocenters. The van der Waals surface area contributed by atoms with E-state index in [0.29, 0.717) is 12.1 Å². The van der Waals surface area contributed by atoms with E-state index in [9.17, 15) is 24.5 Å². The maximum absolute atomic E-state index is 13.5. The Balaban J connectivity index is 1.85. The predicted molar refractivity (Wildman–Crippen MR) is 146 cm³/mol. The van der Waals surface area contributed by atoms with Gasteiger partial charge in [-0.1, -0.05) is 48.5 Å². The molecule has 0 saturated heterocycles. The average Bonchev–Trinajstić information content (AvgIpc) is 2.97. The summed E-state index contributed by atoms with van der Waals surface area (Å²) in [5.74, 6) is -1.73. The van der Waals surface area contributed by atoms with Crippen LogP contribution in [0.1, 0.15) is 33.2 Å². The number of benzene rings is 2. The zero-order valence-electron chi connectivity index (χ0n) is 21.4. The molecule has 0 aliphatic carbocycles. The van der Waals surface area contributed by atoms with Gasteiger partial charge < -0.3 is 9.30 Å². The molecule has 3 aromatic heterocycles. The first kappa shape index (κ1) is 26.2. The van der Waals surface area contributed by atoms with Gasteiger partial charge in [0.15, 0.2) is 5.49 Å². The van der Waals surface area contributed by atoms with Gasteiger partial charge in [-0.05, 0) is 43.2 Å². The fourth-order valence-corrected chi connectivity index (χ4v) is 4.42. The van der Waals surface area contributed by atoms with E-state index in [1.54, 1.807) is 31.3 Å². The molecule has 3 heterocycles. The molecule has 0 spiro atoms. The molecular formula is C29H23N5O6. The molecule has 40 heavy (non-hydrogen) atoms. The highest BCUT2D eigenvalue weighted by atomic mass is 16.6. The van der Waals surface area contributed by atoms with Crippen LogP contribution in [-0.4, -0.2) is 37.4 Å². The molecule has 200 valence electrons. The monoisotopic (exact) mass is 537 g/mol. The van der Waals surface area contributed by atoms with E-state index in [-0.39, 0.29) is 40.8 Å². The zero-order valence-corrected chi connectivity index (χ0v) is 21.4. The number of rotatable bonds is 7. The number of carbonyl (C=O) groups is 2. The Hall–Kier alpha value is -5.45. The number of carbonyl (C=O) groups excluding carboxylic acids is 2. The highest BCUT2D eigenvalue weighted by Crippen LogP contribution is 2.19. The molecule has 0 N–H and O–H groups in total. The number of aromatic nitrogens is 3. The summed E-state index contributed by atoms with van der Waals surface area (Å²) in [6.07, 6.45) is 2.02. The van der Waals surface area contributed by atoms with Gasteiger partial charge in [0.25, 0.3) is 17.2 Å². The van der Waals surface area contributed by atoms with Gasteiger partial charge in [0.2, 0.25) is 0 Å². The molecule has 11 heteroatoms. The Bertz CT molecular complexity index is 1910. The summed E-state index contributed by atoms with van der Waals surface area (Å²) in [4.78, 5) is 59.9. The van der Waals surface area contributed by atoms with Crippen molar-refractivity contribution < 1.29 is 19.2 Å². The topological polar surface area (TPSA) is 138 Å². The largest absolute Gasteiger partial charge is 0.462 e. The zero-order chi connectivity index (χ0) is 28.2. The van der Waals surface area contributed by atoms with E-state index in [2.05, 4.69) is 9.98 Å². The van der Waals surface area contributed by atoms with E-state index >= 15 is 0 Å². The molecule has 0 unspecified atom stereocenters. The second kappa shape index (κ2) is 11.1. The molecule has 0 radical (unpaired) electrons. The van der Waals surface area contributed by atoms with Crippen LogP contribution in [0.4, 0.5) is 5.69 Å². The molecule has 0 bridgehead atoms. The first-order valence-corrected chi connectivity index (χ1v) is 12.5. The summed E-state index contributed by atoms with van der Waals surface area (Å²) in [6.45, 7) is 1.85. The minimum Gasteiger partial charge on any atom is -0.462 e. The van der Waals surface area contributed by atoms with Crippen LogP contribution < -0.4 is 11.0 Å². The summed E-state index contributed by atoms with van der Waals surface area (Å²) >= 11 is 0. The van der Waals surface area contributed by atoms with Gasteiger partial charge in [0.05, 0.1) is 16.9 Å². The van der Waals surface area contributed by atoms with Crippen LogP contribution in [0, 0.1) is 10.1 Å². The third-order valence-corrected chi connectivity index (χ3v) is 6.29. The number of esters is 1. The van der Waals surface area contributed by atoms with Gasteiger partial charge in [-0.15, -0.1) is 0 Å². The van der Waals surface area contributed by atoms with E-state index in [4.69, 9.17) is 4.74 Å². The number of aryl methyl sites for hydroxylation is 2. The second-order valence-corrected chi connectivity index (χ2v) is 8.76. The SMILES string of the molecule is CCOC(=O)c1cc2c(=O)n3ccccc3nc2n(CCc2ccccc2)c1=NC(=O)c1ccccc1[N+](=O)[O-]. The van der Waals surface area contributed by atoms with Crippen LogP contribution in [0.25, 0.3) is 16.7 Å². The summed E-state index contributed by atoms with van der Waals surface area (Å²) in [6, 6.07) is 21.3. The lowest BCUT2D eigenvalue weighted by atomic mass is 10.1. The van der Waals surface area contributed by atoms with Crippen molar-refractivity contribution in [2.24, 2.45) is 4.99 Å². The number of nitro benzene ring substituents is 1. The number of amides is 1. The molecule has 11 nitrogen and oxygen atoms in total. The second-order valence-electron chi connectivity index (χ2n) is 8.76. The van der Waals surface area contributed by atoms with Crippen LogP contribution in [0.2, 0.25) is 0 Å². The highest BCUT2D eigenvalue weighted by molar-refractivity contribution is 6.00. The van der Waals surface area contributed by atoms with Crippen molar-refractivity contribution in [3.05, 3.63) is 128 Å². The smallest absolute Gasteiger partial charge is 0.341 e. The quantitative estimate of drug-likeness (QED) is 0.133. The van der Waals surface area contributed by atoms with Crippen molar-refractivity contribution in [3.8, 4) is 0 Å². The number of nitro groups is 1. The number of para-hydroxylation sites is 1. The Morgan fingerprint density at radius 2 is 1.73 bits per heavy atom.